The lowest BCUT2D eigenvalue weighted by Gasteiger charge is -2.19. The Kier molecular flexibility index (Phi) is 6.21. The molecule has 6 nitrogen and oxygen atoms in total. The monoisotopic (exact) mass is 443 g/mol. The van der Waals surface area contributed by atoms with Crippen LogP contribution in [0.2, 0.25) is 4.34 Å². The minimum atomic E-state index is -3.85. The van der Waals surface area contributed by atoms with Crippen molar-refractivity contribution >= 4 is 50.6 Å². The summed E-state index contributed by atoms with van der Waals surface area (Å²) in [4.78, 5) is 14.5. The van der Waals surface area contributed by atoms with Crippen molar-refractivity contribution in [3.8, 4) is 0 Å². The molecule has 150 valence electrons. The van der Waals surface area contributed by atoms with E-state index in [0.29, 0.717) is 14.8 Å². The van der Waals surface area contributed by atoms with E-state index in [1.54, 1.807) is 25.1 Å². The van der Waals surface area contributed by atoms with Gasteiger partial charge >= 0.3 is 0 Å². The van der Waals surface area contributed by atoms with E-state index in [-0.39, 0.29) is 24.7 Å². The molecule has 3 rings (SSSR count). The molecule has 3 N–H and O–H groups in total. The Morgan fingerprint density at radius 2 is 2.14 bits per heavy atom. The smallest absolute Gasteiger partial charge is 0.245 e. The molecule has 0 radical (unpaired) electrons. The summed E-state index contributed by atoms with van der Waals surface area (Å²) in [5.41, 5.74) is 6.47. The Morgan fingerprint density at radius 1 is 1.39 bits per heavy atom. The highest BCUT2D eigenvalue weighted by molar-refractivity contribution is 7.92. The average molecular weight is 444 g/mol. The van der Waals surface area contributed by atoms with Gasteiger partial charge in [0.2, 0.25) is 15.9 Å². The third-order valence-corrected chi connectivity index (χ3v) is 6.61. The SMILES string of the molecule is CC(N)c1ccc(N2CCC(NS(=O)(=O)/C=C/c3ccc(Cl)s3)C2=O)c(F)c1. The van der Waals surface area contributed by atoms with Crippen LogP contribution < -0.4 is 15.4 Å². The molecule has 2 heterocycles. The highest BCUT2D eigenvalue weighted by Crippen LogP contribution is 2.27. The van der Waals surface area contributed by atoms with Gasteiger partial charge in [-0.05, 0) is 49.2 Å². The van der Waals surface area contributed by atoms with Crippen LogP contribution in [-0.2, 0) is 14.8 Å². The van der Waals surface area contributed by atoms with E-state index in [9.17, 15) is 17.6 Å². The van der Waals surface area contributed by atoms with Gasteiger partial charge in [-0.3, -0.25) is 4.79 Å². The molecule has 1 aliphatic rings. The molecule has 2 unspecified atom stereocenters. The van der Waals surface area contributed by atoms with Crippen LogP contribution in [0.15, 0.2) is 35.7 Å². The number of amides is 1. The van der Waals surface area contributed by atoms with Crippen molar-refractivity contribution in [2.75, 3.05) is 11.4 Å². The summed E-state index contributed by atoms with van der Waals surface area (Å²) in [5.74, 6) is -1.07. The number of thiophene rings is 1. The second kappa shape index (κ2) is 8.30. The number of nitrogens with one attached hydrogen (secondary N) is 1. The molecular formula is C18H19ClFN3O3S2. The van der Waals surface area contributed by atoms with Gasteiger partial charge in [0.05, 0.1) is 10.0 Å². The van der Waals surface area contributed by atoms with Gasteiger partial charge in [-0.25, -0.2) is 12.8 Å². The van der Waals surface area contributed by atoms with Gasteiger partial charge < -0.3 is 10.6 Å². The van der Waals surface area contributed by atoms with E-state index >= 15 is 0 Å². The maximum absolute atomic E-state index is 14.4. The van der Waals surface area contributed by atoms with Crippen molar-refractivity contribution in [1.82, 2.24) is 4.72 Å². The first-order valence-electron chi connectivity index (χ1n) is 8.48. The van der Waals surface area contributed by atoms with Crippen molar-refractivity contribution in [3.63, 3.8) is 0 Å². The molecule has 0 bridgehead atoms. The number of halogens is 2. The normalized spacial score (nSPS) is 18.9. The fraction of sp³-hybridized carbons (Fsp3) is 0.278. The molecule has 2 aromatic rings. The molecule has 1 amide bonds. The number of nitrogens with two attached hydrogens (primary N) is 1. The fourth-order valence-electron chi connectivity index (χ4n) is 2.87. The number of hydrogen-bond acceptors (Lipinski definition) is 5. The molecule has 28 heavy (non-hydrogen) atoms. The third-order valence-electron chi connectivity index (χ3n) is 4.31. The lowest BCUT2D eigenvalue weighted by Crippen LogP contribution is -2.40. The van der Waals surface area contributed by atoms with Crippen molar-refractivity contribution in [1.29, 1.82) is 0 Å². The lowest BCUT2D eigenvalue weighted by molar-refractivity contribution is -0.118. The van der Waals surface area contributed by atoms with Crippen molar-refractivity contribution in [2.24, 2.45) is 5.73 Å². The Morgan fingerprint density at radius 3 is 2.75 bits per heavy atom. The second-order valence-electron chi connectivity index (χ2n) is 6.44. The number of anilines is 1. The Balaban J connectivity index is 1.71. The quantitative estimate of drug-likeness (QED) is 0.716. The number of sulfonamides is 1. The van der Waals surface area contributed by atoms with E-state index in [4.69, 9.17) is 17.3 Å². The van der Waals surface area contributed by atoms with Gasteiger partial charge in [0.1, 0.15) is 11.9 Å². The zero-order valence-corrected chi connectivity index (χ0v) is 17.3. The van der Waals surface area contributed by atoms with Crippen molar-refractivity contribution < 1.29 is 17.6 Å². The Labute approximate surface area is 171 Å². The molecule has 1 aromatic heterocycles. The molecule has 0 saturated carbocycles. The van der Waals surface area contributed by atoms with E-state index in [2.05, 4.69) is 4.72 Å². The van der Waals surface area contributed by atoms with Gasteiger partial charge in [0, 0.05) is 22.9 Å². The van der Waals surface area contributed by atoms with E-state index < -0.39 is 27.8 Å². The molecule has 0 aliphatic carbocycles. The minimum absolute atomic E-state index is 0.111. The van der Waals surface area contributed by atoms with E-state index in [1.807, 2.05) is 0 Å². The average Bonchev–Trinajstić information content (AvgIpc) is 3.19. The molecule has 1 fully saturated rings. The Bertz CT molecular complexity index is 1020. The zero-order valence-electron chi connectivity index (χ0n) is 14.9. The summed E-state index contributed by atoms with van der Waals surface area (Å²) in [5, 5.41) is 0.989. The summed E-state index contributed by atoms with van der Waals surface area (Å²) in [6.45, 7) is 1.95. The second-order valence-corrected chi connectivity index (χ2v) is 9.78. The van der Waals surface area contributed by atoms with Crippen LogP contribution in [0, 0.1) is 5.82 Å². The van der Waals surface area contributed by atoms with Crippen molar-refractivity contribution in [3.05, 3.63) is 56.3 Å². The highest BCUT2D eigenvalue weighted by atomic mass is 35.5. The number of nitrogens with zero attached hydrogens (tertiary/aromatic N) is 1. The number of carbonyl (C=O) groups excluding carboxylic acids is 1. The number of rotatable bonds is 6. The molecule has 1 saturated heterocycles. The molecular weight excluding hydrogens is 425 g/mol. The van der Waals surface area contributed by atoms with Crippen LogP contribution in [0.3, 0.4) is 0 Å². The van der Waals surface area contributed by atoms with Gasteiger partial charge in [-0.15, -0.1) is 11.3 Å². The number of benzene rings is 1. The van der Waals surface area contributed by atoms with Crippen LogP contribution >= 0.6 is 22.9 Å². The first-order valence-corrected chi connectivity index (χ1v) is 11.2. The molecule has 0 spiro atoms. The predicted molar refractivity (Wildman–Crippen MR) is 110 cm³/mol. The molecule has 1 aliphatic heterocycles. The number of carbonyl (C=O) groups is 1. The maximum atomic E-state index is 14.4. The van der Waals surface area contributed by atoms with Crippen molar-refractivity contribution in [2.45, 2.75) is 25.4 Å². The largest absolute Gasteiger partial charge is 0.324 e. The first-order chi connectivity index (χ1) is 13.2. The van der Waals surface area contributed by atoms with Crippen LogP contribution in [0.25, 0.3) is 6.08 Å². The molecule has 2 atom stereocenters. The molecule has 10 heteroatoms. The van der Waals surface area contributed by atoms with Crippen LogP contribution in [0.1, 0.15) is 29.8 Å². The van der Waals surface area contributed by atoms with Crippen LogP contribution in [-0.4, -0.2) is 26.9 Å². The summed E-state index contributed by atoms with van der Waals surface area (Å²) in [6.07, 6.45) is 1.65. The van der Waals surface area contributed by atoms with Gasteiger partial charge in [0.25, 0.3) is 0 Å². The first kappa shape index (κ1) is 20.9. The summed E-state index contributed by atoms with van der Waals surface area (Å²) < 4.78 is 41.8. The van der Waals surface area contributed by atoms with Crippen LogP contribution in [0.4, 0.5) is 10.1 Å². The predicted octanol–water partition coefficient (Wildman–Crippen LogP) is 3.26. The lowest BCUT2D eigenvalue weighted by atomic mass is 10.1. The zero-order chi connectivity index (χ0) is 20.5. The fourth-order valence-corrected chi connectivity index (χ4v) is 4.94. The van der Waals surface area contributed by atoms with Gasteiger partial charge in [0.15, 0.2) is 0 Å². The van der Waals surface area contributed by atoms with E-state index in [1.165, 1.54) is 34.4 Å². The number of hydrogen-bond donors (Lipinski definition) is 2. The third kappa shape index (κ3) is 4.79. The van der Waals surface area contributed by atoms with Gasteiger partial charge in [-0.2, -0.15) is 4.72 Å². The summed E-state index contributed by atoms with van der Waals surface area (Å²) >= 11 is 7.05. The Hall–Kier alpha value is -1.78. The van der Waals surface area contributed by atoms with E-state index in [0.717, 1.165) is 5.41 Å². The summed E-state index contributed by atoms with van der Waals surface area (Å²) in [6, 6.07) is 6.51. The molecule has 1 aromatic carbocycles. The maximum Gasteiger partial charge on any atom is 0.245 e. The van der Waals surface area contributed by atoms with Gasteiger partial charge in [-0.1, -0.05) is 17.7 Å². The standard InChI is InChI=1S/C18H19ClFN3O3S2/c1-11(21)12-2-4-16(14(20)10-12)23-8-6-15(18(23)24)22-28(25,26)9-7-13-3-5-17(19)27-13/h2-5,7,9-11,15,22H,6,8,21H2,1H3/b9-7+. The van der Waals surface area contributed by atoms with Crippen LogP contribution in [0.5, 0.6) is 0 Å². The highest BCUT2D eigenvalue weighted by Gasteiger charge is 2.35. The topological polar surface area (TPSA) is 92.5 Å². The minimum Gasteiger partial charge on any atom is -0.324 e. The summed E-state index contributed by atoms with van der Waals surface area (Å²) in [7, 11) is -3.85.